The third-order valence-electron chi connectivity index (χ3n) is 1.29. The lowest BCUT2D eigenvalue weighted by Crippen LogP contribution is -2.38. The van der Waals surface area contributed by atoms with Crippen molar-refractivity contribution in [3.8, 4) is 0 Å². The van der Waals surface area contributed by atoms with Crippen LogP contribution in [0.15, 0.2) is 12.2 Å². The van der Waals surface area contributed by atoms with Gasteiger partial charge < -0.3 is 11.1 Å². The lowest BCUT2D eigenvalue weighted by molar-refractivity contribution is -0.121. The molecule has 1 atom stereocenters. The van der Waals surface area contributed by atoms with Crippen LogP contribution >= 0.6 is 0 Å². The second-order valence-corrected chi connectivity index (χ2v) is 2.06. The molecule has 0 bridgehead atoms. The maximum atomic E-state index is 10.7. The summed E-state index contributed by atoms with van der Waals surface area (Å²) in [5.74, 6) is -0.0556. The molecule has 0 saturated heterocycles. The van der Waals surface area contributed by atoms with E-state index in [4.69, 9.17) is 5.73 Å². The van der Waals surface area contributed by atoms with Gasteiger partial charge in [0.15, 0.2) is 0 Å². The van der Waals surface area contributed by atoms with E-state index >= 15 is 0 Å². The number of nitrogens with one attached hydrogen (secondary N) is 1. The first-order chi connectivity index (χ1) is 4.30. The van der Waals surface area contributed by atoms with Crippen LogP contribution in [0.1, 0.15) is 6.42 Å². The maximum Gasteiger partial charge on any atom is 0.237 e. The van der Waals surface area contributed by atoms with E-state index in [2.05, 4.69) is 5.32 Å². The van der Waals surface area contributed by atoms with Crippen molar-refractivity contribution in [1.29, 1.82) is 0 Å². The molecule has 0 saturated carbocycles. The van der Waals surface area contributed by atoms with Gasteiger partial charge in [-0.3, -0.25) is 4.79 Å². The van der Waals surface area contributed by atoms with Crippen LogP contribution in [0.4, 0.5) is 0 Å². The molecule has 0 spiro atoms. The molecule has 3 nitrogen and oxygen atoms in total. The topological polar surface area (TPSA) is 55.1 Å². The standard InChI is InChI=1S/C6H10N2O/c7-5-3-1-2-4-8-6(5)9/h1-2,5H,3-4,7H2,(H,8,9)/t5-/m0/s1. The van der Waals surface area contributed by atoms with E-state index in [0.29, 0.717) is 13.0 Å². The van der Waals surface area contributed by atoms with Gasteiger partial charge in [0.2, 0.25) is 5.91 Å². The molecule has 0 unspecified atom stereocenters. The van der Waals surface area contributed by atoms with E-state index in [1.807, 2.05) is 12.2 Å². The quantitative estimate of drug-likeness (QED) is 0.425. The first-order valence-corrected chi connectivity index (χ1v) is 2.99. The Morgan fingerprint density at radius 3 is 3.22 bits per heavy atom. The van der Waals surface area contributed by atoms with Crippen LogP contribution in [0.25, 0.3) is 0 Å². The van der Waals surface area contributed by atoms with Gasteiger partial charge in [-0.1, -0.05) is 12.2 Å². The molecule has 0 aromatic rings. The lowest BCUT2D eigenvalue weighted by atomic mass is 10.2. The summed E-state index contributed by atoms with van der Waals surface area (Å²) in [5, 5.41) is 2.64. The minimum absolute atomic E-state index is 0.0556. The van der Waals surface area contributed by atoms with Gasteiger partial charge in [0.1, 0.15) is 0 Å². The molecular formula is C6H10N2O. The third kappa shape index (κ3) is 1.54. The molecule has 3 N–H and O–H groups in total. The summed E-state index contributed by atoms with van der Waals surface area (Å²) in [4.78, 5) is 10.7. The average molecular weight is 126 g/mol. The predicted octanol–water partition coefficient (Wildman–Crippen LogP) is -0.610. The van der Waals surface area contributed by atoms with E-state index in [-0.39, 0.29) is 11.9 Å². The fourth-order valence-electron chi connectivity index (χ4n) is 0.724. The highest BCUT2D eigenvalue weighted by Crippen LogP contribution is 1.93. The number of carbonyl (C=O) groups excluding carboxylic acids is 1. The molecule has 1 rings (SSSR count). The van der Waals surface area contributed by atoms with E-state index in [0.717, 1.165) is 0 Å². The van der Waals surface area contributed by atoms with Crippen LogP contribution in [0.3, 0.4) is 0 Å². The largest absolute Gasteiger partial charge is 0.351 e. The van der Waals surface area contributed by atoms with Crippen molar-refractivity contribution < 1.29 is 4.79 Å². The van der Waals surface area contributed by atoms with Gasteiger partial charge >= 0.3 is 0 Å². The first kappa shape index (κ1) is 6.29. The van der Waals surface area contributed by atoms with Crippen LogP contribution in [0, 0.1) is 0 Å². The zero-order valence-electron chi connectivity index (χ0n) is 5.13. The molecule has 50 valence electrons. The highest BCUT2D eigenvalue weighted by molar-refractivity contribution is 5.82. The Hall–Kier alpha value is -0.830. The zero-order chi connectivity index (χ0) is 6.69. The van der Waals surface area contributed by atoms with Gasteiger partial charge in [-0.15, -0.1) is 0 Å². The van der Waals surface area contributed by atoms with Gasteiger partial charge in [-0.2, -0.15) is 0 Å². The summed E-state index contributed by atoms with van der Waals surface area (Å²) < 4.78 is 0. The molecule has 0 fully saturated rings. The van der Waals surface area contributed by atoms with Crippen LogP contribution in [-0.2, 0) is 4.79 Å². The van der Waals surface area contributed by atoms with Crippen molar-refractivity contribution in [2.24, 2.45) is 5.73 Å². The van der Waals surface area contributed by atoms with Crippen molar-refractivity contribution in [3.63, 3.8) is 0 Å². The minimum Gasteiger partial charge on any atom is -0.351 e. The summed E-state index contributed by atoms with van der Waals surface area (Å²) in [5.41, 5.74) is 5.41. The fraction of sp³-hybridized carbons (Fsp3) is 0.500. The Kier molecular flexibility index (Phi) is 1.85. The number of carbonyl (C=O) groups is 1. The van der Waals surface area contributed by atoms with Crippen molar-refractivity contribution >= 4 is 5.91 Å². The number of nitrogens with two attached hydrogens (primary N) is 1. The smallest absolute Gasteiger partial charge is 0.237 e. The summed E-state index contributed by atoms with van der Waals surface area (Å²) in [6.45, 7) is 0.618. The van der Waals surface area contributed by atoms with Crippen molar-refractivity contribution in [2.75, 3.05) is 6.54 Å². The van der Waals surface area contributed by atoms with Crippen molar-refractivity contribution in [1.82, 2.24) is 5.32 Å². The van der Waals surface area contributed by atoms with E-state index in [1.165, 1.54) is 0 Å². The van der Waals surface area contributed by atoms with Crippen LogP contribution in [0.5, 0.6) is 0 Å². The SMILES string of the molecule is N[C@H]1CC=CCNC1=O. The van der Waals surface area contributed by atoms with Gasteiger partial charge in [0.05, 0.1) is 6.04 Å². The van der Waals surface area contributed by atoms with Crippen LogP contribution in [0.2, 0.25) is 0 Å². The third-order valence-corrected chi connectivity index (χ3v) is 1.29. The van der Waals surface area contributed by atoms with Gasteiger partial charge in [-0.25, -0.2) is 0 Å². The Morgan fingerprint density at radius 1 is 1.67 bits per heavy atom. The van der Waals surface area contributed by atoms with Crippen LogP contribution < -0.4 is 11.1 Å². The number of hydrogen-bond donors (Lipinski definition) is 2. The van der Waals surface area contributed by atoms with Crippen molar-refractivity contribution in [3.05, 3.63) is 12.2 Å². The monoisotopic (exact) mass is 126 g/mol. The van der Waals surface area contributed by atoms with Gasteiger partial charge in [0.25, 0.3) is 0 Å². The highest BCUT2D eigenvalue weighted by Gasteiger charge is 2.11. The molecule has 1 aliphatic rings. The Morgan fingerprint density at radius 2 is 2.44 bits per heavy atom. The highest BCUT2D eigenvalue weighted by atomic mass is 16.2. The average Bonchev–Trinajstić information content (AvgIpc) is 1.99. The first-order valence-electron chi connectivity index (χ1n) is 2.99. The molecule has 0 aromatic heterocycles. The maximum absolute atomic E-state index is 10.7. The van der Waals surface area contributed by atoms with Crippen molar-refractivity contribution in [2.45, 2.75) is 12.5 Å². The summed E-state index contributed by atoms with van der Waals surface area (Å²) in [7, 11) is 0. The fourth-order valence-corrected chi connectivity index (χ4v) is 0.724. The molecule has 0 radical (unpaired) electrons. The van der Waals surface area contributed by atoms with E-state index in [9.17, 15) is 4.79 Å². The molecular weight excluding hydrogens is 116 g/mol. The molecule has 3 heteroatoms. The zero-order valence-corrected chi connectivity index (χ0v) is 5.13. The molecule has 1 aliphatic heterocycles. The predicted molar refractivity (Wildman–Crippen MR) is 34.7 cm³/mol. The summed E-state index contributed by atoms with van der Waals surface area (Å²) in [6, 6.07) is -0.344. The number of amides is 1. The Balaban J connectivity index is 2.52. The number of hydrogen-bond acceptors (Lipinski definition) is 2. The van der Waals surface area contributed by atoms with E-state index in [1.54, 1.807) is 0 Å². The van der Waals surface area contributed by atoms with Gasteiger partial charge in [-0.05, 0) is 6.42 Å². The molecule has 1 heterocycles. The molecule has 0 aromatic carbocycles. The Bertz CT molecular complexity index is 142. The molecule has 9 heavy (non-hydrogen) atoms. The van der Waals surface area contributed by atoms with E-state index < -0.39 is 0 Å². The Labute approximate surface area is 53.9 Å². The summed E-state index contributed by atoms with van der Waals surface area (Å²) >= 11 is 0. The lowest BCUT2D eigenvalue weighted by Gasteiger charge is -2.03. The second-order valence-electron chi connectivity index (χ2n) is 2.06. The van der Waals surface area contributed by atoms with Crippen LogP contribution in [-0.4, -0.2) is 18.5 Å². The number of rotatable bonds is 0. The molecule has 0 aliphatic carbocycles. The molecule has 1 amide bonds. The summed E-state index contributed by atoms with van der Waals surface area (Å²) in [6.07, 6.45) is 4.49. The van der Waals surface area contributed by atoms with Gasteiger partial charge in [0, 0.05) is 6.54 Å². The minimum atomic E-state index is -0.344. The second kappa shape index (κ2) is 2.64. The normalized spacial score (nSPS) is 27.2.